The molecule has 0 bridgehead atoms. The van der Waals surface area contributed by atoms with Crippen LogP contribution in [0.2, 0.25) is 0 Å². The molecule has 1 N–H and O–H groups in total. The predicted octanol–water partition coefficient (Wildman–Crippen LogP) is 3.03. The maximum absolute atomic E-state index is 13.3. The molecular weight excluding hydrogens is 263 g/mol. The van der Waals surface area contributed by atoms with Crippen molar-refractivity contribution in [2.45, 2.75) is 0 Å². The van der Waals surface area contributed by atoms with Crippen LogP contribution in [0.5, 0.6) is 17.2 Å². The Morgan fingerprint density at radius 3 is 2.50 bits per heavy atom. The Bertz CT molecular complexity index is 653. The second kappa shape index (κ2) is 5.61. The number of benzene rings is 2. The topological polar surface area (TPSA) is 55.8 Å². The van der Waals surface area contributed by atoms with Crippen molar-refractivity contribution in [1.29, 1.82) is 0 Å². The molecule has 0 atom stereocenters. The first-order valence-corrected chi connectivity index (χ1v) is 5.80. The van der Waals surface area contributed by atoms with Crippen LogP contribution in [0, 0.1) is 5.82 Å². The zero-order valence-electron chi connectivity index (χ0n) is 11.0. The van der Waals surface area contributed by atoms with Gasteiger partial charge in [0, 0.05) is 5.56 Å². The normalized spacial score (nSPS) is 10.2. The number of rotatable bonds is 4. The first-order chi connectivity index (χ1) is 9.60. The van der Waals surface area contributed by atoms with Gasteiger partial charge in [-0.1, -0.05) is 0 Å². The van der Waals surface area contributed by atoms with E-state index in [-0.39, 0.29) is 16.9 Å². The largest absolute Gasteiger partial charge is 0.507 e. The van der Waals surface area contributed by atoms with E-state index in [4.69, 9.17) is 9.47 Å². The average Bonchev–Trinajstić information content (AvgIpc) is 2.48. The first kappa shape index (κ1) is 13.9. The van der Waals surface area contributed by atoms with Crippen LogP contribution in [0.3, 0.4) is 0 Å². The summed E-state index contributed by atoms with van der Waals surface area (Å²) in [5.74, 6) is 0.0496. The lowest BCUT2D eigenvalue weighted by molar-refractivity contribution is 0.112. The van der Waals surface area contributed by atoms with Crippen LogP contribution >= 0.6 is 0 Å². The molecule has 0 aliphatic carbocycles. The third-order valence-corrected chi connectivity index (χ3v) is 2.90. The van der Waals surface area contributed by atoms with Gasteiger partial charge in [-0.3, -0.25) is 4.79 Å². The second-order valence-corrected chi connectivity index (χ2v) is 4.08. The van der Waals surface area contributed by atoms with Crippen LogP contribution in [0.25, 0.3) is 11.1 Å². The van der Waals surface area contributed by atoms with Crippen molar-refractivity contribution in [1.82, 2.24) is 0 Å². The Kier molecular flexibility index (Phi) is 3.89. The lowest BCUT2D eigenvalue weighted by atomic mass is 10.0. The van der Waals surface area contributed by atoms with Crippen LogP contribution in [0.15, 0.2) is 30.3 Å². The van der Waals surface area contributed by atoms with Gasteiger partial charge < -0.3 is 14.6 Å². The van der Waals surface area contributed by atoms with Crippen LogP contribution < -0.4 is 9.47 Å². The summed E-state index contributed by atoms with van der Waals surface area (Å²) in [4.78, 5) is 11.1. The van der Waals surface area contributed by atoms with Gasteiger partial charge in [0.05, 0.1) is 19.8 Å². The zero-order valence-corrected chi connectivity index (χ0v) is 11.0. The van der Waals surface area contributed by atoms with Crippen LogP contribution in [0.4, 0.5) is 4.39 Å². The van der Waals surface area contributed by atoms with E-state index in [0.29, 0.717) is 23.3 Å². The van der Waals surface area contributed by atoms with Crippen molar-refractivity contribution in [3.63, 3.8) is 0 Å². The SMILES string of the molecule is COc1cc(-c2cc(F)ccc2O)cc(C=O)c1OC. The van der Waals surface area contributed by atoms with Gasteiger partial charge in [-0.2, -0.15) is 0 Å². The molecule has 4 nitrogen and oxygen atoms in total. The molecule has 0 radical (unpaired) electrons. The van der Waals surface area contributed by atoms with Crippen molar-refractivity contribution in [3.8, 4) is 28.4 Å². The van der Waals surface area contributed by atoms with Crippen molar-refractivity contribution in [2.75, 3.05) is 14.2 Å². The maximum Gasteiger partial charge on any atom is 0.171 e. The summed E-state index contributed by atoms with van der Waals surface area (Å²) in [6.45, 7) is 0. The van der Waals surface area contributed by atoms with Crippen molar-refractivity contribution < 1.29 is 23.8 Å². The Balaban J connectivity index is 2.69. The number of phenols is 1. The molecule has 0 unspecified atom stereocenters. The molecule has 0 saturated heterocycles. The second-order valence-electron chi connectivity index (χ2n) is 4.08. The molecule has 0 aliphatic heterocycles. The highest BCUT2D eigenvalue weighted by molar-refractivity contribution is 5.86. The molecule has 2 aromatic carbocycles. The fraction of sp³-hybridized carbons (Fsp3) is 0.133. The van der Waals surface area contributed by atoms with E-state index in [1.807, 2.05) is 0 Å². The summed E-state index contributed by atoms with van der Waals surface area (Å²) >= 11 is 0. The number of carbonyl (C=O) groups excluding carboxylic acids is 1. The van der Waals surface area contributed by atoms with E-state index in [1.54, 1.807) is 6.07 Å². The highest BCUT2D eigenvalue weighted by atomic mass is 19.1. The van der Waals surface area contributed by atoms with E-state index < -0.39 is 5.82 Å². The number of hydrogen-bond donors (Lipinski definition) is 1. The van der Waals surface area contributed by atoms with E-state index >= 15 is 0 Å². The Labute approximate surface area is 115 Å². The molecule has 104 valence electrons. The minimum absolute atomic E-state index is 0.0875. The molecule has 2 rings (SSSR count). The van der Waals surface area contributed by atoms with Gasteiger partial charge >= 0.3 is 0 Å². The Morgan fingerprint density at radius 1 is 1.15 bits per heavy atom. The third-order valence-electron chi connectivity index (χ3n) is 2.90. The number of carbonyl (C=O) groups is 1. The molecule has 2 aromatic rings. The number of ether oxygens (including phenoxy) is 2. The number of hydrogen-bond acceptors (Lipinski definition) is 4. The van der Waals surface area contributed by atoms with Gasteiger partial charge in [-0.05, 0) is 35.9 Å². The van der Waals surface area contributed by atoms with Crippen molar-refractivity contribution in [2.24, 2.45) is 0 Å². The number of phenolic OH excluding ortho intramolecular Hbond substituents is 1. The van der Waals surface area contributed by atoms with E-state index in [0.717, 1.165) is 6.07 Å². The minimum Gasteiger partial charge on any atom is -0.507 e. The van der Waals surface area contributed by atoms with Crippen molar-refractivity contribution in [3.05, 3.63) is 41.7 Å². The van der Waals surface area contributed by atoms with Gasteiger partial charge in [0.15, 0.2) is 17.8 Å². The third kappa shape index (κ3) is 2.42. The summed E-state index contributed by atoms with van der Waals surface area (Å²) in [7, 11) is 2.85. The van der Waals surface area contributed by atoms with Gasteiger partial charge in [-0.15, -0.1) is 0 Å². The molecule has 0 heterocycles. The number of halogens is 1. The van der Waals surface area contributed by atoms with Gasteiger partial charge in [0.1, 0.15) is 11.6 Å². The number of aldehydes is 1. The van der Waals surface area contributed by atoms with Crippen molar-refractivity contribution >= 4 is 6.29 Å². The molecule has 0 amide bonds. The Hall–Kier alpha value is -2.56. The summed E-state index contributed by atoms with van der Waals surface area (Å²) in [6, 6.07) is 6.66. The lowest BCUT2D eigenvalue weighted by Crippen LogP contribution is -1.96. The molecule has 0 fully saturated rings. The predicted molar refractivity (Wildman–Crippen MR) is 72.0 cm³/mol. The molecule has 0 saturated carbocycles. The molecular formula is C15H13FO4. The highest BCUT2D eigenvalue weighted by Crippen LogP contribution is 2.38. The van der Waals surface area contributed by atoms with Gasteiger partial charge in [-0.25, -0.2) is 4.39 Å². The quantitative estimate of drug-likeness (QED) is 0.872. The van der Waals surface area contributed by atoms with E-state index in [9.17, 15) is 14.3 Å². The molecule has 20 heavy (non-hydrogen) atoms. The minimum atomic E-state index is -0.486. The summed E-state index contributed by atoms with van der Waals surface area (Å²) in [5.41, 5.74) is 0.987. The molecule has 0 spiro atoms. The summed E-state index contributed by atoms with van der Waals surface area (Å²) in [6.07, 6.45) is 0.612. The number of aromatic hydroxyl groups is 1. The van der Waals surface area contributed by atoms with Crippen LogP contribution in [0.1, 0.15) is 10.4 Å². The molecule has 0 aromatic heterocycles. The van der Waals surface area contributed by atoms with Gasteiger partial charge in [0.25, 0.3) is 0 Å². The molecule has 0 aliphatic rings. The average molecular weight is 276 g/mol. The first-order valence-electron chi connectivity index (χ1n) is 5.80. The summed E-state index contributed by atoms with van der Waals surface area (Å²) in [5, 5.41) is 9.82. The van der Waals surface area contributed by atoms with Crippen LogP contribution in [-0.2, 0) is 0 Å². The lowest BCUT2D eigenvalue weighted by Gasteiger charge is -2.13. The number of methoxy groups -OCH3 is 2. The fourth-order valence-electron chi connectivity index (χ4n) is 1.98. The van der Waals surface area contributed by atoms with Gasteiger partial charge in [0.2, 0.25) is 0 Å². The molecule has 5 heteroatoms. The maximum atomic E-state index is 13.3. The van der Waals surface area contributed by atoms with Crippen LogP contribution in [-0.4, -0.2) is 25.6 Å². The standard InChI is InChI=1S/C15H13FO4/c1-19-14-6-9(5-10(8-17)15(14)20-2)12-7-11(16)3-4-13(12)18/h3-8,18H,1-2H3. The van der Waals surface area contributed by atoms with E-state index in [2.05, 4.69) is 0 Å². The monoisotopic (exact) mass is 276 g/mol. The highest BCUT2D eigenvalue weighted by Gasteiger charge is 2.15. The Morgan fingerprint density at radius 2 is 1.90 bits per heavy atom. The summed E-state index contributed by atoms with van der Waals surface area (Å²) < 4.78 is 23.6. The zero-order chi connectivity index (χ0) is 14.7. The fourth-order valence-corrected chi connectivity index (χ4v) is 1.98. The van der Waals surface area contributed by atoms with E-state index in [1.165, 1.54) is 32.4 Å². The smallest absolute Gasteiger partial charge is 0.171 e.